The van der Waals surface area contributed by atoms with Crippen molar-refractivity contribution in [2.45, 2.75) is 0 Å². The predicted octanol–water partition coefficient (Wildman–Crippen LogP) is 16.5. The molecule has 0 radical (unpaired) electrons. The summed E-state index contributed by atoms with van der Waals surface area (Å²) in [6.07, 6.45) is 0. The molecule has 0 aliphatic heterocycles. The molecule has 12 aromatic carbocycles. The third kappa shape index (κ3) is 4.64. The minimum Gasteiger partial charge on any atom is -0.309 e. The Bertz CT molecular complexity index is 4220. The molecule has 0 spiro atoms. The number of para-hydroxylation sites is 2. The Morgan fingerprint density at radius 2 is 0.565 bits per heavy atom. The molecular weight excluding hydrogens is 749 g/mol. The molecule has 0 unspecified atom stereocenters. The molecule has 0 saturated heterocycles. The fourth-order valence-electron chi connectivity index (χ4n) is 10.9. The quantitative estimate of drug-likeness (QED) is 0.158. The molecule has 2 nitrogen and oxygen atoms in total. The number of aromatic nitrogens is 2. The Labute approximate surface area is 356 Å². The van der Waals surface area contributed by atoms with Crippen molar-refractivity contribution in [1.29, 1.82) is 0 Å². The monoisotopic (exact) mass is 784 g/mol. The summed E-state index contributed by atoms with van der Waals surface area (Å²) in [6, 6.07) is 81.2. The maximum absolute atomic E-state index is 2.51. The fourth-order valence-corrected chi connectivity index (χ4v) is 10.9. The average molecular weight is 785 g/mol. The van der Waals surface area contributed by atoms with Crippen molar-refractivity contribution in [1.82, 2.24) is 9.13 Å². The van der Waals surface area contributed by atoms with Crippen molar-refractivity contribution in [2.75, 3.05) is 0 Å². The van der Waals surface area contributed by atoms with Crippen molar-refractivity contribution in [3.8, 4) is 22.5 Å². The van der Waals surface area contributed by atoms with Crippen LogP contribution < -0.4 is 0 Å². The maximum atomic E-state index is 2.51. The lowest BCUT2D eigenvalue weighted by atomic mass is 9.95. The van der Waals surface area contributed by atoms with Gasteiger partial charge in [0.1, 0.15) is 0 Å². The highest BCUT2D eigenvalue weighted by Crippen LogP contribution is 2.43. The van der Waals surface area contributed by atoms with Crippen molar-refractivity contribution in [2.24, 2.45) is 0 Å². The van der Waals surface area contributed by atoms with E-state index in [-0.39, 0.29) is 0 Å². The summed E-state index contributed by atoms with van der Waals surface area (Å²) < 4.78 is 5.00. The first kappa shape index (κ1) is 33.6. The summed E-state index contributed by atoms with van der Waals surface area (Å²) in [7, 11) is 0. The third-order valence-corrected chi connectivity index (χ3v) is 13.7. The number of rotatable bonds is 3. The Morgan fingerprint density at radius 1 is 0.194 bits per heavy atom. The van der Waals surface area contributed by atoms with Crippen LogP contribution in [0.4, 0.5) is 0 Å². The van der Waals surface area contributed by atoms with Gasteiger partial charge in [-0.2, -0.15) is 0 Å². The first-order valence-electron chi connectivity index (χ1n) is 21.5. The van der Waals surface area contributed by atoms with Crippen LogP contribution in [0.5, 0.6) is 0 Å². The van der Waals surface area contributed by atoms with E-state index < -0.39 is 0 Å². The first-order valence-corrected chi connectivity index (χ1v) is 21.5. The van der Waals surface area contributed by atoms with E-state index in [0.29, 0.717) is 0 Å². The Balaban J connectivity index is 1.02. The number of fused-ring (bicyclic) bond motifs is 16. The lowest BCUT2D eigenvalue weighted by Crippen LogP contribution is -1.97. The van der Waals surface area contributed by atoms with Gasteiger partial charge in [-0.1, -0.05) is 176 Å². The van der Waals surface area contributed by atoms with Crippen LogP contribution >= 0.6 is 0 Å². The number of benzene rings is 12. The van der Waals surface area contributed by atoms with Gasteiger partial charge in [-0.25, -0.2) is 0 Å². The van der Waals surface area contributed by atoms with Crippen molar-refractivity contribution < 1.29 is 0 Å². The van der Waals surface area contributed by atoms with E-state index in [1.807, 2.05) is 0 Å². The minimum absolute atomic E-state index is 1.19. The summed E-state index contributed by atoms with van der Waals surface area (Å²) in [5.41, 5.74) is 9.59. The summed E-state index contributed by atoms with van der Waals surface area (Å²) in [5.74, 6) is 0. The minimum atomic E-state index is 1.19. The molecule has 2 heteroatoms. The van der Waals surface area contributed by atoms with Crippen LogP contribution in [0.2, 0.25) is 0 Å². The van der Waals surface area contributed by atoms with E-state index >= 15 is 0 Å². The second kappa shape index (κ2) is 12.7. The average Bonchev–Trinajstić information content (AvgIpc) is 3.85. The van der Waals surface area contributed by atoms with Crippen LogP contribution in [0.1, 0.15) is 0 Å². The summed E-state index contributed by atoms with van der Waals surface area (Å²) in [6.45, 7) is 0. The van der Waals surface area contributed by atoms with Gasteiger partial charge in [0.25, 0.3) is 0 Å². The van der Waals surface area contributed by atoms with Crippen LogP contribution in [-0.2, 0) is 0 Å². The highest BCUT2D eigenvalue weighted by molar-refractivity contribution is 6.23. The second-order valence-corrected chi connectivity index (χ2v) is 16.8. The molecule has 62 heavy (non-hydrogen) atoms. The largest absolute Gasteiger partial charge is 0.309 e. The molecule has 286 valence electrons. The van der Waals surface area contributed by atoms with E-state index in [2.05, 4.69) is 228 Å². The summed E-state index contributed by atoms with van der Waals surface area (Å²) >= 11 is 0. The highest BCUT2D eigenvalue weighted by atomic mass is 15.0. The zero-order valence-electron chi connectivity index (χ0n) is 33.7. The SMILES string of the molecule is c1ccc2c(c1)ccc1c3ccccc3c(-n3c4ccccc4c4cc(-c5ccc6c7ccccc7n(-c7cc8c9ccccc9ccc8c8ccccc78)c6c5)ccc43)cc21. The van der Waals surface area contributed by atoms with Gasteiger partial charge >= 0.3 is 0 Å². The molecule has 0 aliphatic rings. The molecule has 14 aromatic rings. The van der Waals surface area contributed by atoms with Crippen LogP contribution in [0, 0.1) is 0 Å². The van der Waals surface area contributed by atoms with Gasteiger partial charge in [0.2, 0.25) is 0 Å². The normalized spacial score (nSPS) is 12.2. The number of hydrogen-bond donors (Lipinski definition) is 0. The molecule has 0 fully saturated rings. The second-order valence-electron chi connectivity index (χ2n) is 16.8. The van der Waals surface area contributed by atoms with Gasteiger partial charge in [-0.3, -0.25) is 0 Å². The van der Waals surface area contributed by atoms with E-state index in [0.717, 1.165) is 0 Å². The molecule has 0 bridgehead atoms. The first-order chi connectivity index (χ1) is 30.8. The maximum Gasteiger partial charge on any atom is 0.0547 e. The van der Waals surface area contributed by atoms with Gasteiger partial charge in [0.15, 0.2) is 0 Å². The smallest absolute Gasteiger partial charge is 0.0547 e. The van der Waals surface area contributed by atoms with Crippen LogP contribution in [-0.4, -0.2) is 9.13 Å². The molecule has 0 aliphatic carbocycles. The highest BCUT2D eigenvalue weighted by Gasteiger charge is 2.20. The zero-order chi connectivity index (χ0) is 40.5. The van der Waals surface area contributed by atoms with Crippen molar-refractivity contribution in [3.63, 3.8) is 0 Å². The molecule has 0 N–H and O–H groups in total. The van der Waals surface area contributed by atoms with E-state index in [9.17, 15) is 0 Å². The Hall–Kier alpha value is -8.20. The molecular formula is C60H36N2. The van der Waals surface area contributed by atoms with Crippen LogP contribution in [0.3, 0.4) is 0 Å². The number of hydrogen-bond acceptors (Lipinski definition) is 0. The van der Waals surface area contributed by atoms with E-state index in [1.54, 1.807) is 0 Å². The standard InChI is InChI=1S/C60H36N2/c1-3-15-41-37(13-1)25-29-45-43-17-5-7-19-47(43)59(35-52(41)45)61-56-24-12-10-22-50(56)54-33-39(28-32-57(54)61)40-27-31-51-49-21-9-11-23-55(49)62(58(51)34-40)60-36-53-42-16-4-2-14-38(42)26-30-46(53)44-18-6-8-20-48(44)60/h1-36H. The van der Waals surface area contributed by atoms with Gasteiger partial charge in [-0.15, -0.1) is 0 Å². The molecule has 0 saturated carbocycles. The Kier molecular flexibility index (Phi) is 6.86. The summed E-state index contributed by atoms with van der Waals surface area (Å²) in [5, 5.41) is 20.2. The summed E-state index contributed by atoms with van der Waals surface area (Å²) in [4.78, 5) is 0. The molecule has 0 amide bonds. The van der Waals surface area contributed by atoms with E-state index in [1.165, 1.54) is 131 Å². The zero-order valence-corrected chi connectivity index (χ0v) is 33.7. The van der Waals surface area contributed by atoms with Crippen LogP contribution in [0.15, 0.2) is 218 Å². The molecule has 2 heterocycles. The Morgan fingerprint density at radius 3 is 1.15 bits per heavy atom. The van der Waals surface area contributed by atoms with Gasteiger partial charge in [-0.05, 0) is 107 Å². The number of nitrogens with zero attached hydrogens (tertiary/aromatic N) is 2. The fraction of sp³-hybridized carbons (Fsp3) is 0. The van der Waals surface area contributed by atoms with Gasteiger partial charge in [0, 0.05) is 32.3 Å². The topological polar surface area (TPSA) is 9.86 Å². The third-order valence-electron chi connectivity index (χ3n) is 13.7. The predicted molar refractivity (Wildman–Crippen MR) is 266 cm³/mol. The molecule has 0 atom stereocenters. The van der Waals surface area contributed by atoms with Gasteiger partial charge < -0.3 is 9.13 Å². The lowest BCUT2D eigenvalue weighted by molar-refractivity contribution is 1.20. The van der Waals surface area contributed by atoms with Crippen molar-refractivity contribution >= 4 is 108 Å². The van der Waals surface area contributed by atoms with Gasteiger partial charge in [0.05, 0.1) is 33.4 Å². The molecule has 2 aromatic heterocycles. The van der Waals surface area contributed by atoms with Crippen LogP contribution in [0.25, 0.3) is 131 Å². The molecule has 14 rings (SSSR count). The van der Waals surface area contributed by atoms with E-state index in [4.69, 9.17) is 0 Å². The van der Waals surface area contributed by atoms with Crippen molar-refractivity contribution in [3.05, 3.63) is 218 Å². The lowest BCUT2D eigenvalue weighted by Gasteiger charge is -2.16.